The van der Waals surface area contributed by atoms with Gasteiger partial charge in [0.15, 0.2) is 0 Å². The SMILES string of the molecule is CNN(C1CCCC1)S(=O)O. The number of nitrogens with zero attached hydrogens (tertiary/aromatic N) is 1. The maximum atomic E-state index is 10.7. The number of hydrogen-bond acceptors (Lipinski definition) is 2. The average Bonchev–Trinajstić information content (AvgIpc) is 2.40. The van der Waals surface area contributed by atoms with Crippen LogP contribution in [-0.4, -0.2) is 26.3 Å². The summed E-state index contributed by atoms with van der Waals surface area (Å²) in [6, 6.07) is 0.242. The molecule has 1 unspecified atom stereocenters. The van der Waals surface area contributed by atoms with E-state index in [9.17, 15) is 4.21 Å². The second kappa shape index (κ2) is 4.15. The lowest BCUT2D eigenvalue weighted by molar-refractivity contribution is 0.258. The van der Waals surface area contributed by atoms with Crippen molar-refractivity contribution in [3.63, 3.8) is 0 Å². The van der Waals surface area contributed by atoms with Crippen LogP contribution in [0.5, 0.6) is 0 Å². The van der Waals surface area contributed by atoms with Crippen molar-refractivity contribution >= 4 is 11.3 Å². The van der Waals surface area contributed by atoms with Gasteiger partial charge in [0.05, 0.1) is 0 Å². The zero-order chi connectivity index (χ0) is 8.27. The van der Waals surface area contributed by atoms with E-state index in [1.807, 2.05) is 0 Å². The van der Waals surface area contributed by atoms with Crippen LogP contribution in [0.1, 0.15) is 25.7 Å². The molecule has 1 fully saturated rings. The minimum absolute atomic E-state index is 0.242. The standard InChI is InChI=1S/C6H14N2O2S/c1-7-8(11(9)10)6-4-2-3-5-6/h6-7H,2-5H2,1H3,(H,9,10). The third-order valence-corrected chi connectivity index (χ3v) is 2.86. The summed E-state index contributed by atoms with van der Waals surface area (Å²) in [5.41, 5.74) is 2.73. The fraction of sp³-hybridized carbons (Fsp3) is 1.00. The summed E-state index contributed by atoms with van der Waals surface area (Å²) in [6.45, 7) is 0. The quantitative estimate of drug-likeness (QED) is 0.489. The molecule has 0 spiro atoms. The molecule has 0 bridgehead atoms. The third kappa shape index (κ3) is 2.23. The van der Waals surface area contributed by atoms with Gasteiger partial charge in [0.25, 0.3) is 0 Å². The number of nitrogens with one attached hydrogen (secondary N) is 1. The predicted octanol–water partition coefficient (Wildman–Crippen LogP) is 0.502. The third-order valence-electron chi connectivity index (χ3n) is 2.04. The Kier molecular flexibility index (Phi) is 3.45. The molecule has 0 radical (unpaired) electrons. The molecule has 0 amide bonds. The molecule has 66 valence electrons. The lowest BCUT2D eigenvalue weighted by atomic mass is 10.3. The van der Waals surface area contributed by atoms with Crippen LogP contribution in [0, 0.1) is 0 Å². The van der Waals surface area contributed by atoms with Crippen molar-refractivity contribution in [2.24, 2.45) is 0 Å². The van der Waals surface area contributed by atoms with Gasteiger partial charge in [0.1, 0.15) is 0 Å². The molecule has 4 nitrogen and oxygen atoms in total. The van der Waals surface area contributed by atoms with E-state index in [2.05, 4.69) is 5.43 Å². The largest absolute Gasteiger partial charge is 0.293 e. The highest BCUT2D eigenvalue weighted by Gasteiger charge is 2.24. The molecular weight excluding hydrogens is 164 g/mol. The first-order valence-electron chi connectivity index (χ1n) is 3.83. The highest BCUT2D eigenvalue weighted by molar-refractivity contribution is 7.76. The molecule has 0 aromatic carbocycles. The van der Waals surface area contributed by atoms with Crippen molar-refractivity contribution in [1.82, 2.24) is 9.84 Å². The Morgan fingerprint density at radius 3 is 2.45 bits per heavy atom. The second-order valence-corrected chi connectivity index (χ2v) is 3.57. The fourth-order valence-corrected chi connectivity index (χ4v) is 2.15. The van der Waals surface area contributed by atoms with Crippen molar-refractivity contribution in [3.05, 3.63) is 0 Å². The molecule has 5 heteroatoms. The van der Waals surface area contributed by atoms with Crippen LogP contribution < -0.4 is 5.43 Å². The molecule has 1 atom stereocenters. The van der Waals surface area contributed by atoms with Gasteiger partial charge in [-0.2, -0.15) is 0 Å². The van der Waals surface area contributed by atoms with E-state index in [4.69, 9.17) is 4.55 Å². The van der Waals surface area contributed by atoms with Crippen molar-refractivity contribution in [3.8, 4) is 0 Å². The molecule has 1 aliphatic rings. The summed E-state index contributed by atoms with van der Waals surface area (Å²) in [6.07, 6.45) is 4.38. The van der Waals surface area contributed by atoms with Crippen LogP contribution in [0.4, 0.5) is 0 Å². The van der Waals surface area contributed by atoms with Crippen molar-refractivity contribution in [2.75, 3.05) is 7.05 Å². The zero-order valence-electron chi connectivity index (χ0n) is 6.62. The Labute approximate surface area is 69.4 Å². The molecule has 2 N–H and O–H groups in total. The predicted molar refractivity (Wildman–Crippen MR) is 43.9 cm³/mol. The van der Waals surface area contributed by atoms with E-state index in [0.717, 1.165) is 12.8 Å². The average molecular weight is 178 g/mol. The summed E-state index contributed by atoms with van der Waals surface area (Å²) in [5, 5.41) is 0. The minimum atomic E-state index is -1.87. The zero-order valence-corrected chi connectivity index (χ0v) is 7.43. The summed E-state index contributed by atoms with van der Waals surface area (Å²) in [5.74, 6) is 0. The molecule has 0 aromatic heterocycles. The van der Waals surface area contributed by atoms with E-state index in [1.165, 1.54) is 17.3 Å². The first-order valence-corrected chi connectivity index (χ1v) is 4.89. The monoisotopic (exact) mass is 178 g/mol. The minimum Gasteiger partial charge on any atom is -0.293 e. The van der Waals surface area contributed by atoms with Crippen LogP contribution in [-0.2, 0) is 11.3 Å². The lowest BCUT2D eigenvalue weighted by Crippen LogP contribution is -2.43. The highest BCUT2D eigenvalue weighted by Crippen LogP contribution is 2.22. The maximum Gasteiger partial charge on any atom is 0.248 e. The van der Waals surface area contributed by atoms with E-state index in [0.29, 0.717) is 0 Å². The fourth-order valence-electron chi connectivity index (χ4n) is 1.53. The first kappa shape index (κ1) is 9.12. The molecule has 1 rings (SSSR count). The molecule has 0 aromatic rings. The van der Waals surface area contributed by atoms with Gasteiger partial charge in [-0.15, -0.1) is 4.41 Å². The Morgan fingerprint density at radius 1 is 1.55 bits per heavy atom. The first-order chi connectivity index (χ1) is 5.25. The Hall–Kier alpha value is 0.0300. The van der Waals surface area contributed by atoms with Gasteiger partial charge in [-0.1, -0.05) is 12.8 Å². The molecule has 1 aliphatic carbocycles. The molecular formula is C6H14N2O2S. The van der Waals surface area contributed by atoms with E-state index in [1.54, 1.807) is 7.05 Å². The van der Waals surface area contributed by atoms with Gasteiger partial charge < -0.3 is 0 Å². The topological polar surface area (TPSA) is 52.6 Å². The van der Waals surface area contributed by atoms with Gasteiger partial charge in [0, 0.05) is 6.04 Å². The normalized spacial score (nSPS) is 22.8. The number of hydrogen-bond donors (Lipinski definition) is 2. The van der Waals surface area contributed by atoms with E-state index >= 15 is 0 Å². The van der Waals surface area contributed by atoms with Crippen LogP contribution in [0.25, 0.3) is 0 Å². The second-order valence-electron chi connectivity index (χ2n) is 2.72. The summed E-state index contributed by atoms with van der Waals surface area (Å²) in [7, 11) is 1.67. The highest BCUT2D eigenvalue weighted by atomic mass is 32.2. The van der Waals surface area contributed by atoms with E-state index < -0.39 is 11.3 Å². The van der Waals surface area contributed by atoms with Gasteiger partial charge in [0.2, 0.25) is 11.3 Å². The Morgan fingerprint density at radius 2 is 2.09 bits per heavy atom. The van der Waals surface area contributed by atoms with Crippen LogP contribution in [0.15, 0.2) is 0 Å². The molecule has 11 heavy (non-hydrogen) atoms. The maximum absolute atomic E-state index is 10.7. The summed E-state index contributed by atoms with van der Waals surface area (Å²) in [4.78, 5) is 0. The molecule has 0 aliphatic heterocycles. The van der Waals surface area contributed by atoms with Gasteiger partial charge >= 0.3 is 0 Å². The van der Waals surface area contributed by atoms with Crippen molar-refractivity contribution in [1.29, 1.82) is 0 Å². The molecule has 0 heterocycles. The van der Waals surface area contributed by atoms with Gasteiger partial charge in [-0.3, -0.25) is 4.55 Å². The smallest absolute Gasteiger partial charge is 0.248 e. The van der Waals surface area contributed by atoms with Gasteiger partial charge in [-0.25, -0.2) is 9.63 Å². The summed E-state index contributed by atoms with van der Waals surface area (Å²) >= 11 is -1.87. The van der Waals surface area contributed by atoms with Crippen LogP contribution >= 0.6 is 0 Å². The number of rotatable bonds is 3. The van der Waals surface area contributed by atoms with Crippen LogP contribution in [0.3, 0.4) is 0 Å². The van der Waals surface area contributed by atoms with Crippen molar-refractivity contribution < 1.29 is 8.76 Å². The van der Waals surface area contributed by atoms with E-state index in [-0.39, 0.29) is 6.04 Å². The Balaban J connectivity index is 2.46. The van der Waals surface area contributed by atoms with Crippen LogP contribution in [0.2, 0.25) is 0 Å². The lowest BCUT2D eigenvalue weighted by Gasteiger charge is -2.22. The van der Waals surface area contributed by atoms with Crippen molar-refractivity contribution in [2.45, 2.75) is 31.7 Å². The Bertz CT molecular complexity index is 148. The van der Waals surface area contributed by atoms with Gasteiger partial charge in [-0.05, 0) is 19.9 Å². The number of hydrazine groups is 1. The molecule has 1 saturated carbocycles. The molecule has 0 saturated heterocycles. The summed E-state index contributed by atoms with van der Waals surface area (Å²) < 4.78 is 20.9.